The first-order chi connectivity index (χ1) is 15.1. The summed E-state index contributed by atoms with van der Waals surface area (Å²) in [7, 11) is 0. The molecule has 164 valence electrons. The van der Waals surface area contributed by atoms with E-state index in [-0.39, 0.29) is 23.9 Å². The number of halogens is 1. The number of carbonyl (C=O) groups is 1. The molecule has 3 saturated heterocycles. The summed E-state index contributed by atoms with van der Waals surface area (Å²) in [5.74, 6) is 1.42. The molecule has 3 fully saturated rings. The standard InChI is InChI=1S/C24H27FN2O4/c25-19-3-1-2-16(10-19)13-29-14-20-15-30-23-11-18(4-5-22(23)31-20)24(28)26-21-12-27-8-6-17(21)7-9-27/h1-5,10-11,17,20-21H,6-9,12-15H2,(H,26,28)/t20-,21+/m1/s1. The fourth-order valence-corrected chi connectivity index (χ4v) is 4.65. The van der Waals surface area contributed by atoms with Crippen LogP contribution in [0.25, 0.3) is 0 Å². The van der Waals surface area contributed by atoms with E-state index in [1.165, 1.54) is 12.1 Å². The molecule has 4 aliphatic heterocycles. The highest BCUT2D eigenvalue weighted by Gasteiger charge is 2.35. The molecule has 7 heteroatoms. The first-order valence-corrected chi connectivity index (χ1v) is 10.9. The topological polar surface area (TPSA) is 60.0 Å². The third kappa shape index (κ3) is 4.67. The van der Waals surface area contributed by atoms with Crippen molar-refractivity contribution in [2.24, 2.45) is 5.92 Å². The summed E-state index contributed by atoms with van der Waals surface area (Å²) in [5.41, 5.74) is 1.36. The lowest BCUT2D eigenvalue weighted by atomic mass is 9.84. The molecule has 2 aromatic rings. The van der Waals surface area contributed by atoms with Crippen LogP contribution < -0.4 is 14.8 Å². The van der Waals surface area contributed by atoms with Crippen LogP contribution in [0.5, 0.6) is 11.5 Å². The molecular weight excluding hydrogens is 399 g/mol. The number of amides is 1. The monoisotopic (exact) mass is 426 g/mol. The Morgan fingerprint density at radius 3 is 2.81 bits per heavy atom. The van der Waals surface area contributed by atoms with Gasteiger partial charge in [-0.2, -0.15) is 0 Å². The van der Waals surface area contributed by atoms with E-state index in [1.807, 2.05) is 6.07 Å². The van der Waals surface area contributed by atoms with E-state index in [0.29, 0.717) is 42.8 Å². The van der Waals surface area contributed by atoms with Gasteiger partial charge >= 0.3 is 0 Å². The Bertz CT molecular complexity index is 945. The maximum Gasteiger partial charge on any atom is 0.251 e. The van der Waals surface area contributed by atoms with E-state index in [9.17, 15) is 9.18 Å². The minimum absolute atomic E-state index is 0.0642. The Labute approximate surface area is 181 Å². The number of rotatable bonds is 6. The van der Waals surface area contributed by atoms with Crippen LogP contribution in [0, 0.1) is 11.7 Å². The maximum atomic E-state index is 13.2. The summed E-state index contributed by atoms with van der Waals surface area (Å²) in [6.07, 6.45) is 2.07. The van der Waals surface area contributed by atoms with Gasteiger partial charge in [0.1, 0.15) is 12.4 Å². The summed E-state index contributed by atoms with van der Waals surface area (Å²) >= 11 is 0. The molecule has 6 nitrogen and oxygen atoms in total. The Kier molecular flexibility index (Phi) is 5.78. The number of hydrogen-bond acceptors (Lipinski definition) is 5. The molecule has 2 bridgehead atoms. The summed E-state index contributed by atoms with van der Waals surface area (Å²) in [6, 6.07) is 11.9. The van der Waals surface area contributed by atoms with E-state index in [1.54, 1.807) is 24.3 Å². The second-order valence-electron chi connectivity index (χ2n) is 8.58. The molecule has 4 aliphatic rings. The number of fused-ring (bicyclic) bond motifs is 4. The molecule has 1 N–H and O–H groups in total. The van der Waals surface area contributed by atoms with Gasteiger partial charge in [-0.3, -0.25) is 4.79 Å². The third-order valence-electron chi connectivity index (χ3n) is 6.36. The SMILES string of the molecule is O=C(N[C@H]1CN2CCC1CC2)c1ccc2c(c1)OC[C@@H](COCc1cccc(F)c1)O2. The summed E-state index contributed by atoms with van der Waals surface area (Å²) < 4.78 is 30.7. The number of carbonyl (C=O) groups excluding carboxylic acids is 1. The van der Waals surface area contributed by atoms with E-state index in [2.05, 4.69) is 10.2 Å². The predicted molar refractivity (Wildman–Crippen MR) is 113 cm³/mol. The van der Waals surface area contributed by atoms with Crippen LogP contribution in [0.1, 0.15) is 28.8 Å². The highest BCUT2D eigenvalue weighted by atomic mass is 19.1. The average molecular weight is 426 g/mol. The van der Waals surface area contributed by atoms with Gasteiger partial charge in [-0.1, -0.05) is 12.1 Å². The zero-order valence-electron chi connectivity index (χ0n) is 17.4. The maximum absolute atomic E-state index is 13.2. The Morgan fingerprint density at radius 1 is 1.16 bits per heavy atom. The lowest BCUT2D eigenvalue weighted by Gasteiger charge is -2.44. The second-order valence-corrected chi connectivity index (χ2v) is 8.58. The number of hydrogen-bond donors (Lipinski definition) is 1. The van der Waals surface area contributed by atoms with Crippen molar-refractivity contribution in [3.63, 3.8) is 0 Å². The number of nitrogens with one attached hydrogen (secondary N) is 1. The Morgan fingerprint density at radius 2 is 2.03 bits per heavy atom. The third-order valence-corrected chi connectivity index (χ3v) is 6.36. The summed E-state index contributed by atoms with van der Waals surface area (Å²) in [4.78, 5) is 15.2. The van der Waals surface area contributed by atoms with E-state index < -0.39 is 0 Å². The smallest absolute Gasteiger partial charge is 0.251 e. The first-order valence-electron chi connectivity index (χ1n) is 10.9. The van der Waals surface area contributed by atoms with Gasteiger partial charge in [-0.15, -0.1) is 0 Å². The van der Waals surface area contributed by atoms with Crippen molar-refractivity contribution in [3.05, 3.63) is 59.4 Å². The predicted octanol–water partition coefficient (Wildman–Crippen LogP) is 3.01. The van der Waals surface area contributed by atoms with Crippen LogP contribution in [0.15, 0.2) is 42.5 Å². The van der Waals surface area contributed by atoms with Gasteiger partial charge in [0.05, 0.1) is 13.2 Å². The Balaban J connectivity index is 1.14. The molecule has 0 saturated carbocycles. The van der Waals surface area contributed by atoms with Crippen LogP contribution in [0.4, 0.5) is 4.39 Å². The molecule has 0 aromatic heterocycles. The van der Waals surface area contributed by atoms with E-state index >= 15 is 0 Å². The number of ether oxygens (including phenoxy) is 3. The fraction of sp³-hybridized carbons (Fsp3) is 0.458. The quantitative estimate of drug-likeness (QED) is 0.770. The molecule has 2 atom stereocenters. The van der Waals surface area contributed by atoms with Gasteiger partial charge in [0.15, 0.2) is 17.6 Å². The lowest BCUT2D eigenvalue weighted by molar-refractivity contribution is 0.00262. The van der Waals surface area contributed by atoms with Crippen LogP contribution >= 0.6 is 0 Å². The molecule has 6 rings (SSSR count). The van der Waals surface area contributed by atoms with Crippen molar-refractivity contribution in [1.29, 1.82) is 0 Å². The lowest BCUT2D eigenvalue weighted by Crippen LogP contribution is -2.57. The Hall–Kier alpha value is -2.64. The first kappa shape index (κ1) is 20.3. The number of benzene rings is 2. The van der Waals surface area contributed by atoms with Gasteiger partial charge in [0, 0.05) is 18.2 Å². The van der Waals surface area contributed by atoms with Crippen molar-refractivity contribution in [2.75, 3.05) is 32.8 Å². The van der Waals surface area contributed by atoms with Crippen molar-refractivity contribution in [2.45, 2.75) is 31.6 Å². The molecule has 31 heavy (non-hydrogen) atoms. The van der Waals surface area contributed by atoms with Crippen molar-refractivity contribution in [1.82, 2.24) is 10.2 Å². The van der Waals surface area contributed by atoms with Crippen molar-refractivity contribution >= 4 is 5.91 Å². The molecule has 4 heterocycles. The molecular formula is C24H27FN2O4. The largest absolute Gasteiger partial charge is 0.486 e. The van der Waals surface area contributed by atoms with E-state index in [0.717, 1.165) is 38.0 Å². The van der Waals surface area contributed by atoms with Crippen molar-refractivity contribution in [3.8, 4) is 11.5 Å². The van der Waals surface area contributed by atoms with Gasteiger partial charge in [0.25, 0.3) is 5.91 Å². The highest BCUT2D eigenvalue weighted by molar-refractivity contribution is 5.95. The molecule has 0 unspecified atom stereocenters. The minimum Gasteiger partial charge on any atom is -0.486 e. The minimum atomic E-state index is -0.277. The van der Waals surface area contributed by atoms with Gasteiger partial charge in [0.2, 0.25) is 0 Å². The fourth-order valence-electron chi connectivity index (χ4n) is 4.65. The summed E-state index contributed by atoms with van der Waals surface area (Å²) in [5, 5.41) is 3.21. The van der Waals surface area contributed by atoms with Crippen molar-refractivity contribution < 1.29 is 23.4 Å². The van der Waals surface area contributed by atoms with Crippen LogP contribution in [0.3, 0.4) is 0 Å². The van der Waals surface area contributed by atoms with Crippen LogP contribution in [-0.4, -0.2) is 55.8 Å². The van der Waals surface area contributed by atoms with Crippen LogP contribution in [0.2, 0.25) is 0 Å². The molecule has 1 amide bonds. The van der Waals surface area contributed by atoms with Gasteiger partial charge in [-0.25, -0.2) is 4.39 Å². The zero-order chi connectivity index (χ0) is 21.2. The average Bonchev–Trinajstić information content (AvgIpc) is 2.79. The van der Waals surface area contributed by atoms with E-state index in [4.69, 9.17) is 14.2 Å². The number of nitrogens with zero attached hydrogens (tertiary/aromatic N) is 1. The normalized spacial score (nSPS) is 26.5. The molecule has 0 radical (unpaired) electrons. The molecule has 0 aliphatic carbocycles. The van der Waals surface area contributed by atoms with Crippen LogP contribution in [-0.2, 0) is 11.3 Å². The number of piperidine rings is 3. The summed E-state index contributed by atoms with van der Waals surface area (Å²) in [6.45, 7) is 4.21. The molecule has 0 spiro atoms. The van der Waals surface area contributed by atoms with Gasteiger partial charge < -0.3 is 24.4 Å². The second kappa shape index (κ2) is 8.85. The highest BCUT2D eigenvalue weighted by Crippen LogP contribution is 2.33. The van der Waals surface area contributed by atoms with Gasteiger partial charge in [-0.05, 0) is 67.7 Å². The zero-order valence-corrected chi connectivity index (χ0v) is 17.4. The molecule has 2 aromatic carbocycles.